The first kappa shape index (κ1) is 16.4. The number of aromatic nitrogens is 3. The van der Waals surface area contributed by atoms with Crippen LogP contribution in [0.3, 0.4) is 0 Å². The highest BCUT2D eigenvalue weighted by Crippen LogP contribution is 2.32. The Morgan fingerprint density at radius 3 is 2.62 bits per heavy atom. The standard InChI is InChI=1S/C17H22FN5O/c1-12(24)23-11-5-4-6-15(23)16-19-20-17(22(16)3)21(2)14-9-7-13(18)8-10-14/h7-10,15H,4-6,11H2,1-3H3. The molecule has 0 saturated carbocycles. The van der Waals surface area contributed by atoms with Crippen LogP contribution in [0.1, 0.15) is 38.1 Å². The Morgan fingerprint density at radius 1 is 1.25 bits per heavy atom. The number of rotatable bonds is 3. The van der Waals surface area contributed by atoms with E-state index in [0.717, 1.165) is 37.3 Å². The number of nitrogens with zero attached hydrogens (tertiary/aromatic N) is 5. The summed E-state index contributed by atoms with van der Waals surface area (Å²) in [5.41, 5.74) is 0.825. The van der Waals surface area contributed by atoms with E-state index in [2.05, 4.69) is 10.2 Å². The summed E-state index contributed by atoms with van der Waals surface area (Å²) in [4.78, 5) is 15.6. The molecule has 0 spiro atoms. The number of amides is 1. The first-order valence-corrected chi connectivity index (χ1v) is 8.15. The lowest BCUT2D eigenvalue weighted by atomic mass is 10.0. The van der Waals surface area contributed by atoms with Crippen molar-refractivity contribution >= 4 is 17.5 Å². The number of piperidine rings is 1. The minimum Gasteiger partial charge on any atom is -0.333 e. The molecule has 0 radical (unpaired) electrons. The minimum atomic E-state index is -0.273. The molecule has 0 aliphatic carbocycles. The summed E-state index contributed by atoms with van der Waals surface area (Å²) in [7, 11) is 3.77. The largest absolute Gasteiger partial charge is 0.333 e. The average molecular weight is 331 g/mol. The van der Waals surface area contributed by atoms with Crippen LogP contribution in [-0.2, 0) is 11.8 Å². The van der Waals surface area contributed by atoms with Gasteiger partial charge in [-0.15, -0.1) is 10.2 Å². The predicted octanol–water partition coefficient (Wildman–Crippen LogP) is 2.80. The van der Waals surface area contributed by atoms with Crippen LogP contribution in [0.4, 0.5) is 16.0 Å². The van der Waals surface area contributed by atoms with Crippen LogP contribution in [0.5, 0.6) is 0 Å². The van der Waals surface area contributed by atoms with Crippen molar-refractivity contribution < 1.29 is 9.18 Å². The highest BCUT2D eigenvalue weighted by Gasteiger charge is 2.30. The number of hydrogen-bond acceptors (Lipinski definition) is 4. The van der Waals surface area contributed by atoms with E-state index < -0.39 is 0 Å². The van der Waals surface area contributed by atoms with E-state index in [-0.39, 0.29) is 17.8 Å². The molecule has 1 fully saturated rings. The first-order chi connectivity index (χ1) is 11.5. The molecule has 1 atom stereocenters. The molecule has 1 aromatic carbocycles. The summed E-state index contributed by atoms with van der Waals surface area (Å²) in [6.45, 7) is 2.36. The Kier molecular flexibility index (Phi) is 4.51. The van der Waals surface area contributed by atoms with Crippen molar-refractivity contribution in [1.29, 1.82) is 0 Å². The van der Waals surface area contributed by atoms with Gasteiger partial charge in [-0.25, -0.2) is 4.39 Å². The molecule has 0 bridgehead atoms. The van der Waals surface area contributed by atoms with Crippen LogP contribution in [0.25, 0.3) is 0 Å². The maximum atomic E-state index is 13.1. The molecule has 7 heteroatoms. The third-order valence-electron chi connectivity index (χ3n) is 4.60. The number of likely N-dealkylation sites (tertiary alicyclic amines) is 1. The normalized spacial score (nSPS) is 17.8. The van der Waals surface area contributed by atoms with Crippen molar-refractivity contribution in [2.24, 2.45) is 7.05 Å². The number of benzene rings is 1. The van der Waals surface area contributed by atoms with Crippen LogP contribution in [-0.4, -0.2) is 39.2 Å². The lowest BCUT2D eigenvalue weighted by molar-refractivity contribution is -0.132. The lowest BCUT2D eigenvalue weighted by Gasteiger charge is -2.34. The molecule has 2 aromatic rings. The van der Waals surface area contributed by atoms with Crippen LogP contribution >= 0.6 is 0 Å². The minimum absolute atomic E-state index is 0.0379. The van der Waals surface area contributed by atoms with Crippen molar-refractivity contribution in [2.75, 3.05) is 18.5 Å². The molecular weight excluding hydrogens is 309 g/mol. The first-order valence-electron chi connectivity index (χ1n) is 8.15. The van der Waals surface area contributed by atoms with Crippen molar-refractivity contribution in [3.05, 3.63) is 35.9 Å². The van der Waals surface area contributed by atoms with Crippen LogP contribution in [0.15, 0.2) is 24.3 Å². The second-order valence-corrected chi connectivity index (χ2v) is 6.18. The summed E-state index contributed by atoms with van der Waals surface area (Å²) in [5, 5.41) is 8.63. The van der Waals surface area contributed by atoms with Gasteiger partial charge in [0.25, 0.3) is 0 Å². The third kappa shape index (κ3) is 2.98. The second-order valence-electron chi connectivity index (χ2n) is 6.18. The van der Waals surface area contributed by atoms with Crippen molar-refractivity contribution in [3.63, 3.8) is 0 Å². The highest BCUT2D eigenvalue weighted by molar-refractivity contribution is 5.73. The van der Waals surface area contributed by atoms with Gasteiger partial charge >= 0.3 is 0 Å². The van der Waals surface area contributed by atoms with Crippen molar-refractivity contribution in [1.82, 2.24) is 19.7 Å². The molecule has 1 aliphatic rings. The quantitative estimate of drug-likeness (QED) is 0.868. The SMILES string of the molecule is CC(=O)N1CCCCC1c1nnc(N(C)c2ccc(F)cc2)n1C. The number of anilines is 2. The van der Waals surface area contributed by atoms with Gasteiger partial charge in [0.1, 0.15) is 5.82 Å². The van der Waals surface area contributed by atoms with Crippen LogP contribution < -0.4 is 4.90 Å². The van der Waals surface area contributed by atoms with E-state index in [9.17, 15) is 9.18 Å². The Morgan fingerprint density at radius 2 is 1.96 bits per heavy atom. The lowest BCUT2D eigenvalue weighted by Crippen LogP contribution is -2.38. The monoisotopic (exact) mass is 331 g/mol. The molecule has 1 aliphatic heterocycles. The number of hydrogen-bond donors (Lipinski definition) is 0. The van der Waals surface area contributed by atoms with Gasteiger partial charge in [-0.05, 0) is 43.5 Å². The summed E-state index contributed by atoms with van der Waals surface area (Å²) < 4.78 is 15.0. The number of carbonyl (C=O) groups is 1. The second kappa shape index (κ2) is 6.59. The fourth-order valence-corrected chi connectivity index (χ4v) is 3.27. The molecule has 2 heterocycles. The zero-order valence-electron chi connectivity index (χ0n) is 14.2. The molecule has 1 aromatic heterocycles. The van der Waals surface area contributed by atoms with Gasteiger partial charge in [0, 0.05) is 33.3 Å². The average Bonchev–Trinajstić information content (AvgIpc) is 2.96. The summed E-state index contributed by atoms with van der Waals surface area (Å²) >= 11 is 0. The van der Waals surface area contributed by atoms with Gasteiger partial charge in [-0.3, -0.25) is 9.36 Å². The topological polar surface area (TPSA) is 54.3 Å². The van der Waals surface area contributed by atoms with Crippen LogP contribution in [0, 0.1) is 5.82 Å². The zero-order chi connectivity index (χ0) is 17.3. The number of carbonyl (C=O) groups excluding carboxylic acids is 1. The fourth-order valence-electron chi connectivity index (χ4n) is 3.27. The Balaban J connectivity index is 1.90. The predicted molar refractivity (Wildman–Crippen MR) is 89.4 cm³/mol. The molecule has 0 N–H and O–H groups in total. The van der Waals surface area contributed by atoms with Crippen LogP contribution in [0.2, 0.25) is 0 Å². The Hall–Kier alpha value is -2.44. The third-order valence-corrected chi connectivity index (χ3v) is 4.60. The van der Waals surface area contributed by atoms with Gasteiger partial charge < -0.3 is 9.80 Å². The maximum Gasteiger partial charge on any atom is 0.231 e. The fraction of sp³-hybridized carbons (Fsp3) is 0.471. The molecule has 24 heavy (non-hydrogen) atoms. The summed E-state index contributed by atoms with van der Waals surface area (Å²) in [6.07, 6.45) is 2.99. The molecular formula is C17H22FN5O. The van der Waals surface area contributed by atoms with E-state index >= 15 is 0 Å². The van der Waals surface area contributed by atoms with E-state index in [1.165, 1.54) is 12.1 Å². The van der Waals surface area contributed by atoms with Gasteiger partial charge in [0.2, 0.25) is 11.9 Å². The summed E-state index contributed by atoms with van der Waals surface area (Å²) in [5.74, 6) is 1.24. The molecule has 1 amide bonds. The maximum absolute atomic E-state index is 13.1. The molecule has 1 saturated heterocycles. The Bertz CT molecular complexity index is 727. The van der Waals surface area contributed by atoms with Gasteiger partial charge in [0.05, 0.1) is 6.04 Å². The van der Waals surface area contributed by atoms with Crippen molar-refractivity contribution in [2.45, 2.75) is 32.2 Å². The van der Waals surface area contributed by atoms with Gasteiger partial charge in [-0.1, -0.05) is 0 Å². The number of halogens is 1. The van der Waals surface area contributed by atoms with Gasteiger partial charge in [-0.2, -0.15) is 0 Å². The Labute approximate surface area is 140 Å². The highest BCUT2D eigenvalue weighted by atomic mass is 19.1. The van der Waals surface area contributed by atoms with Gasteiger partial charge in [0.15, 0.2) is 5.82 Å². The van der Waals surface area contributed by atoms with Crippen molar-refractivity contribution in [3.8, 4) is 0 Å². The van der Waals surface area contributed by atoms with E-state index in [1.54, 1.807) is 19.1 Å². The molecule has 1 unspecified atom stereocenters. The molecule has 128 valence electrons. The zero-order valence-corrected chi connectivity index (χ0v) is 14.2. The molecule has 6 nitrogen and oxygen atoms in total. The smallest absolute Gasteiger partial charge is 0.231 e. The van der Waals surface area contributed by atoms with E-state index in [0.29, 0.717) is 5.95 Å². The van der Waals surface area contributed by atoms with E-state index in [4.69, 9.17) is 0 Å². The molecule has 3 rings (SSSR count). The summed E-state index contributed by atoms with van der Waals surface area (Å²) in [6, 6.07) is 6.20. The van der Waals surface area contributed by atoms with E-state index in [1.807, 2.05) is 28.5 Å².